The number of hydrogen-bond acceptors (Lipinski definition) is 2. The molecule has 140 valence electrons. The Bertz CT molecular complexity index is 952. The van der Waals surface area contributed by atoms with Gasteiger partial charge < -0.3 is 5.32 Å². The van der Waals surface area contributed by atoms with Crippen LogP contribution in [0.4, 0.5) is 5.69 Å². The number of nitrogens with zero attached hydrogens (tertiary/aromatic N) is 2. The SMILES string of the molecule is Cc1ccc(Cn2nc(C)c(C(=O)Nc3cccc(C(C)C)c3)c2C)cc1. The molecule has 0 radical (unpaired) electrons. The Kier molecular flexibility index (Phi) is 5.45. The van der Waals surface area contributed by atoms with Gasteiger partial charge in [-0.25, -0.2) is 0 Å². The van der Waals surface area contributed by atoms with E-state index in [-0.39, 0.29) is 5.91 Å². The number of carbonyl (C=O) groups is 1. The van der Waals surface area contributed by atoms with Gasteiger partial charge in [-0.15, -0.1) is 0 Å². The fourth-order valence-electron chi connectivity index (χ4n) is 3.22. The van der Waals surface area contributed by atoms with Gasteiger partial charge in [0.05, 0.1) is 17.8 Å². The molecule has 1 heterocycles. The lowest BCUT2D eigenvalue weighted by Gasteiger charge is -2.10. The summed E-state index contributed by atoms with van der Waals surface area (Å²) in [5.74, 6) is 0.309. The van der Waals surface area contributed by atoms with E-state index in [2.05, 4.69) is 61.5 Å². The Labute approximate surface area is 161 Å². The number of carbonyl (C=O) groups excluding carboxylic acids is 1. The highest BCUT2D eigenvalue weighted by Crippen LogP contribution is 2.21. The molecular weight excluding hydrogens is 334 g/mol. The molecular formula is C23H27N3O. The molecule has 0 spiro atoms. The number of amides is 1. The zero-order valence-electron chi connectivity index (χ0n) is 16.7. The van der Waals surface area contributed by atoms with Crippen LogP contribution in [0, 0.1) is 20.8 Å². The minimum absolute atomic E-state index is 0.110. The summed E-state index contributed by atoms with van der Waals surface area (Å²) < 4.78 is 1.90. The van der Waals surface area contributed by atoms with Crippen LogP contribution in [-0.4, -0.2) is 15.7 Å². The van der Waals surface area contributed by atoms with Crippen LogP contribution in [0.15, 0.2) is 48.5 Å². The third-order valence-electron chi connectivity index (χ3n) is 4.87. The van der Waals surface area contributed by atoms with Gasteiger partial charge in [-0.1, -0.05) is 55.8 Å². The normalized spacial score (nSPS) is 11.0. The van der Waals surface area contributed by atoms with Crippen molar-refractivity contribution in [1.82, 2.24) is 9.78 Å². The highest BCUT2D eigenvalue weighted by molar-refractivity contribution is 6.05. The van der Waals surface area contributed by atoms with Gasteiger partial charge >= 0.3 is 0 Å². The first-order chi connectivity index (χ1) is 12.8. The van der Waals surface area contributed by atoms with E-state index in [0.29, 0.717) is 18.0 Å². The first kappa shape index (κ1) is 18.9. The number of rotatable bonds is 5. The van der Waals surface area contributed by atoms with Gasteiger partial charge in [0.1, 0.15) is 0 Å². The molecule has 27 heavy (non-hydrogen) atoms. The fraction of sp³-hybridized carbons (Fsp3) is 0.304. The smallest absolute Gasteiger partial charge is 0.259 e. The van der Waals surface area contributed by atoms with E-state index < -0.39 is 0 Å². The summed E-state index contributed by atoms with van der Waals surface area (Å²) in [6, 6.07) is 16.4. The predicted molar refractivity (Wildman–Crippen MR) is 110 cm³/mol. The number of anilines is 1. The number of hydrogen-bond donors (Lipinski definition) is 1. The minimum Gasteiger partial charge on any atom is -0.322 e. The van der Waals surface area contributed by atoms with Gasteiger partial charge in [0.2, 0.25) is 0 Å². The van der Waals surface area contributed by atoms with Crippen molar-refractivity contribution >= 4 is 11.6 Å². The van der Waals surface area contributed by atoms with Crippen LogP contribution in [0.2, 0.25) is 0 Å². The van der Waals surface area contributed by atoms with Crippen LogP contribution in [0.25, 0.3) is 0 Å². The van der Waals surface area contributed by atoms with Crippen molar-refractivity contribution in [3.05, 3.63) is 82.2 Å². The Hall–Kier alpha value is -2.88. The molecule has 3 rings (SSSR count). The molecule has 0 saturated heterocycles. The maximum Gasteiger partial charge on any atom is 0.259 e. The van der Waals surface area contributed by atoms with Crippen LogP contribution in [-0.2, 0) is 6.54 Å². The number of benzene rings is 2. The van der Waals surface area contributed by atoms with Gasteiger partial charge in [-0.3, -0.25) is 9.48 Å². The molecule has 0 fully saturated rings. The van der Waals surface area contributed by atoms with Crippen LogP contribution in [0.1, 0.15) is 58.2 Å². The van der Waals surface area contributed by atoms with E-state index in [4.69, 9.17) is 0 Å². The Morgan fingerprint density at radius 2 is 1.78 bits per heavy atom. The van der Waals surface area contributed by atoms with E-state index in [0.717, 1.165) is 17.1 Å². The second-order valence-corrected chi connectivity index (χ2v) is 7.42. The summed E-state index contributed by atoms with van der Waals surface area (Å²) in [6.07, 6.45) is 0. The van der Waals surface area contributed by atoms with E-state index in [9.17, 15) is 4.79 Å². The summed E-state index contributed by atoms with van der Waals surface area (Å²) in [5, 5.41) is 7.62. The molecule has 0 aliphatic carbocycles. The van der Waals surface area contributed by atoms with Gasteiger partial charge in [0, 0.05) is 11.4 Å². The first-order valence-corrected chi connectivity index (χ1v) is 9.36. The summed E-state index contributed by atoms with van der Waals surface area (Å²) in [5.41, 5.74) is 6.70. The largest absolute Gasteiger partial charge is 0.322 e. The topological polar surface area (TPSA) is 46.9 Å². The second kappa shape index (κ2) is 7.78. The lowest BCUT2D eigenvalue weighted by molar-refractivity contribution is 0.102. The monoisotopic (exact) mass is 361 g/mol. The highest BCUT2D eigenvalue weighted by atomic mass is 16.1. The molecule has 0 aliphatic heterocycles. The zero-order chi connectivity index (χ0) is 19.6. The molecule has 1 amide bonds. The van der Waals surface area contributed by atoms with E-state index >= 15 is 0 Å². The lowest BCUT2D eigenvalue weighted by Crippen LogP contribution is -2.14. The molecule has 2 aromatic carbocycles. The quantitative estimate of drug-likeness (QED) is 0.676. The number of aromatic nitrogens is 2. The Balaban J connectivity index is 1.82. The van der Waals surface area contributed by atoms with Crippen molar-refractivity contribution in [3.63, 3.8) is 0 Å². The molecule has 4 nitrogen and oxygen atoms in total. The molecule has 1 N–H and O–H groups in total. The molecule has 1 aromatic heterocycles. The van der Waals surface area contributed by atoms with Crippen LogP contribution in [0.5, 0.6) is 0 Å². The Morgan fingerprint density at radius 1 is 1.07 bits per heavy atom. The van der Waals surface area contributed by atoms with Crippen LogP contribution < -0.4 is 5.32 Å². The average molecular weight is 361 g/mol. The Morgan fingerprint density at radius 3 is 2.44 bits per heavy atom. The van der Waals surface area contributed by atoms with Crippen molar-refractivity contribution in [2.24, 2.45) is 0 Å². The molecule has 0 atom stereocenters. The number of nitrogens with one attached hydrogen (secondary N) is 1. The highest BCUT2D eigenvalue weighted by Gasteiger charge is 2.19. The minimum atomic E-state index is -0.110. The predicted octanol–water partition coefficient (Wildman–Crippen LogP) is 5.23. The van der Waals surface area contributed by atoms with E-state index in [1.807, 2.05) is 36.7 Å². The van der Waals surface area contributed by atoms with Gasteiger partial charge in [0.15, 0.2) is 0 Å². The zero-order valence-corrected chi connectivity index (χ0v) is 16.7. The van der Waals surface area contributed by atoms with Crippen molar-refractivity contribution in [2.45, 2.75) is 47.1 Å². The van der Waals surface area contributed by atoms with Crippen LogP contribution in [0.3, 0.4) is 0 Å². The van der Waals surface area contributed by atoms with Crippen LogP contribution >= 0.6 is 0 Å². The first-order valence-electron chi connectivity index (χ1n) is 9.36. The summed E-state index contributed by atoms with van der Waals surface area (Å²) in [6.45, 7) is 10.9. The van der Waals surface area contributed by atoms with Crippen molar-refractivity contribution < 1.29 is 4.79 Å². The molecule has 0 unspecified atom stereocenters. The second-order valence-electron chi connectivity index (χ2n) is 7.42. The maximum atomic E-state index is 12.9. The van der Waals surface area contributed by atoms with E-state index in [1.54, 1.807) is 0 Å². The third kappa shape index (κ3) is 4.27. The summed E-state index contributed by atoms with van der Waals surface area (Å²) >= 11 is 0. The molecule has 0 aliphatic rings. The third-order valence-corrected chi connectivity index (χ3v) is 4.87. The lowest BCUT2D eigenvalue weighted by atomic mass is 10.0. The van der Waals surface area contributed by atoms with Gasteiger partial charge in [-0.2, -0.15) is 5.10 Å². The molecule has 0 saturated carbocycles. The van der Waals surface area contributed by atoms with Gasteiger partial charge in [0.25, 0.3) is 5.91 Å². The van der Waals surface area contributed by atoms with Crippen molar-refractivity contribution in [1.29, 1.82) is 0 Å². The standard InChI is InChI=1S/C23H27N3O/c1-15(2)20-7-6-8-21(13-20)24-23(27)22-17(4)25-26(18(22)5)14-19-11-9-16(3)10-12-19/h6-13,15H,14H2,1-5H3,(H,24,27). The van der Waals surface area contributed by atoms with E-state index in [1.165, 1.54) is 16.7 Å². The maximum absolute atomic E-state index is 12.9. The number of aryl methyl sites for hydroxylation is 2. The average Bonchev–Trinajstić information content (AvgIpc) is 2.90. The summed E-state index contributed by atoms with van der Waals surface area (Å²) in [4.78, 5) is 12.9. The van der Waals surface area contributed by atoms with Crippen molar-refractivity contribution in [2.75, 3.05) is 5.32 Å². The molecule has 0 bridgehead atoms. The molecule has 3 aromatic rings. The van der Waals surface area contributed by atoms with Crippen molar-refractivity contribution in [3.8, 4) is 0 Å². The summed E-state index contributed by atoms with van der Waals surface area (Å²) in [7, 11) is 0. The molecule has 4 heteroatoms. The van der Waals surface area contributed by atoms with Gasteiger partial charge in [-0.05, 0) is 49.9 Å². The fourth-order valence-corrected chi connectivity index (χ4v) is 3.22.